The summed E-state index contributed by atoms with van der Waals surface area (Å²) in [6.45, 7) is 1.35. The fraction of sp³-hybridized carbons (Fsp3) is 0.783. The second-order valence-electron chi connectivity index (χ2n) is 21.1. The summed E-state index contributed by atoms with van der Waals surface area (Å²) >= 11 is 0. The van der Waals surface area contributed by atoms with Gasteiger partial charge in [-0.15, -0.1) is 0 Å². The van der Waals surface area contributed by atoms with E-state index in [2.05, 4.69) is 73.0 Å². The van der Waals surface area contributed by atoms with E-state index in [1.807, 2.05) is 6.92 Å². The lowest BCUT2D eigenvalue weighted by Crippen LogP contribution is -2.66. The molecule has 0 aromatic carbocycles. The van der Waals surface area contributed by atoms with Crippen LogP contribution in [0.25, 0.3) is 0 Å². The van der Waals surface area contributed by atoms with Gasteiger partial charge in [-0.05, 0) is 57.8 Å². The number of unbranched alkanes of at least 4 members (excludes halogenated alkanes) is 16. The van der Waals surface area contributed by atoms with Crippen LogP contribution < -0.4 is 5.32 Å². The zero-order valence-corrected chi connectivity index (χ0v) is 47.3. The van der Waals surface area contributed by atoms with Crippen LogP contribution in [0.4, 0.5) is 0 Å². The van der Waals surface area contributed by atoms with Gasteiger partial charge in [-0.1, -0.05) is 177 Å². The minimum Gasteiger partial charge on any atom is -0.394 e. The van der Waals surface area contributed by atoms with E-state index in [4.69, 9.17) is 28.4 Å². The Kier molecular flexibility index (Phi) is 38.3. The molecule has 19 nitrogen and oxygen atoms in total. The minimum atomic E-state index is -1.98. The molecular formula is C60H103NO18. The van der Waals surface area contributed by atoms with Crippen molar-refractivity contribution in [3.8, 4) is 0 Å². The number of rotatable bonds is 42. The maximum Gasteiger partial charge on any atom is 0.220 e. The average molecular weight is 1130 g/mol. The van der Waals surface area contributed by atoms with Crippen LogP contribution in [0.3, 0.4) is 0 Å². The molecule has 3 aliphatic heterocycles. The van der Waals surface area contributed by atoms with Gasteiger partial charge in [-0.25, -0.2) is 0 Å². The largest absolute Gasteiger partial charge is 0.394 e. The van der Waals surface area contributed by atoms with E-state index in [-0.39, 0.29) is 18.9 Å². The second-order valence-corrected chi connectivity index (χ2v) is 21.1. The van der Waals surface area contributed by atoms with Crippen molar-refractivity contribution < 1.29 is 89.4 Å². The predicted molar refractivity (Wildman–Crippen MR) is 300 cm³/mol. The van der Waals surface area contributed by atoms with Crippen LogP contribution in [0.15, 0.2) is 72.9 Å². The Hall–Kier alpha value is -2.77. The molecule has 456 valence electrons. The maximum absolute atomic E-state index is 13.1. The molecule has 17 atom stereocenters. The van der Waals surface area contributed by atoms with Crippen molar-refractivity contribution in [1.82, 2.24) is 5.32 Å². The van der Waals surface area contributed by atoms with Crippen molar-refractivity contribution in [2.45, 2.75) is 272 Å². The fourth-order valence-corrected chi connectivity index (χ4v) is 9.63. The van der Waals surface area contributed by atoms with Crippen molar-refractivity contribution in [3.63, 3.8) is 0 Å². The Morgan fingerprint density at radius 1 is 0.468 bits per heavy atom. The molecule has 12 N–H and O–H groups in total. The quantitative estimate of drug-likeness (QED) is 0.0282. The Morgan fingerprint density at radius 3 is 1.34 bits per heavy atom. The number of carbonyl (C=O) groups is 1. The highest BCUT2D eigenvalue weighted by Crippen LogP contribution is 2.33. The van der Waals surface area contributed by atoms with Gasteiger partial charge < -0.3 is 89.9 Å². The molecule has 0 saturated carbocycles. The van der Waals surface area contributed by atoms with E-state index in [0.717, 1.165) is 57.8 Å². The molecule has 0 radical (unpaired) electrons. The van der Waals surface area contributed by atoms with E-state index < -0.39 is 124 Å². The number of carbonyl (C=O) groups excluding carboxylic acids is 1. The van der Waals surface area contributed by atoms with E-state index in [1.54, 1.807) is 12.2 Å². The number of nitrogens with one attached hydrogen (secondary N) is 1. The van der Waals surface area contributed by atoms with E-state index in [0.29, 0.717) is 12.8 Å². The molecule has 17 unspecified atom stereocenters. The Morgan fingerprint density at radius 2 is 0.873 bits per heavy atom. The molecule has 79 heavy (non-hydrogen) atoms. The number of hydrogen-bond acceptors (Lipinski definition) is 18. The zero-order valence-electron chi connectivity index (χ0n) is 47.3. The Labute approximate surface area is 470 Å². The third kappa shape index (κ3) is 27.0. The number of allylic oxidation sites excluding steroid dienone is 11. The second kappa shape index (κ2) is 43.0. The molecule has 3 aliphatic rings. The summed E-state index contributed by atoms with van der Waals surface area (Å²) in [6, 6.07) is -0.971. The van der Waals surface area contributed by atoms with Gasteiger partial charge in [0.05, 0.1) is 38.6 Å². The summed E-state index contributed by atoms with van der Waals surface area (Å²) in [6.07, 6.45) is 24.7. The molecule has 0 bridgehead atoms. The molecule has 3 saturated heterocycles. The third-order valence-electron chi connectivity index (χ3n) is 14.5. The molecule has 0 aromatic heterocycles. The number of ether oxygens (including phenoxy) is 6. The highest BCUT2D eigenvalue weighted by atomic mass is 16.8. The van der Waals surface area contributed by atoms with Gasteiger partial charge in [0.15, 0.2) is 18.9 Å². The van der Waals surface area contributed by atoms with Crippen molar-refractivity contribution in [2.75, 3.05) is 26.4 Å². The van der Waals surface area contributed by atoms with E-state index >= 15 is 0 Å². The average Bonchev–Trinajstić information content (AvgIpc) is 3.55. The maximum atomic E-state index is 13.1. The van der Waals surface area contributed by atoms with Crippen LogP contribution in [-0.4, -0.2) is 193 Å². The van der Waals surface area contributed by atoms with Crippen molar-refractivity contribution >= 4 is 5.91 Å². The highest BCUT2D eigenvalue weighted by Gasteiger charge is 2.53. The number of aliphatic hydroxyl groups is 11. The van der Waals surface area contributed by atoms with E-state index in [1.165, 1.54) is 77.0 Å². The van der Waals surface area contributed by atoms with Crippen molar-refractivity contribution in [3.05, 3.63) is 72.9 Å². The monoisotopic (exact) mass is 1130 g/mol. The number of aliphatic hydroxyl groups excluding tert-OH is 11. The zero-order chi connectivity index (χ0) is 57.6. The molecule has 19 heteroatoms. The third-order valence-corrected chi connectivity index (χ3v) is 14.5. The smallest absolute Gasteiger partial charge is 0.220 e. The van der Waals surface area contributed by atoms with Crippen molar-refractivity contribution in [1.29, 1.82) is 0 Å². The summed E-state index contributed by atoms with van der Waals surface area (Å²) in [5.74, 6) is -0.292. The van der Waals surface area contributed by atoms with Crippen LogP contribution >= 0.6 is 0 Å². The predicted octanol–water partition coefficient (Wildman–Crippen LogP) is 5.04. The first-order valence-corrected chi connectivity index (χ1v) is 29.7. The molecular weight excluding hydrogens is 1020 g/mol. The first-order valence-electron chi connectivity index (χ1n) is 29.7. The number of hydrogen-bond donors (Lipinski definition) is 12. The summed E-state index contributed by atoms with van der Waals surface area (Å²) in [7, 11) is 0. The summed E-state index contributed by atoms with van der Waals surface area (Å²) in [5, 5.41) is 119. The lowest BCUT2D eigenvalue weighted by Gasteiger charge is -2.48. The Bertz CT molecular complexity index is 1730. The molecule has 3 fully saturated rings. The standard InChI is InChI=1S/C60H103NO18/c1-3-5-7-8-9-10-11-12-13-14-15-16-17-18-19-20-21-22-23-24-25-26-27-28-29-30-31-32-33-34-36-38-48(66)61-43(44(65)37-35-6-4-2)42-74-58-54(72)51(69)56(46(40-63)76-58)79-60-55(73)52(70)57(47(41-64)77-60)78-59-53(71)50(68)49(67)45(39-62)75-59/h5,7,9-10,12-13,15-16,18-19,35,37,43-47,49-60,62-65,67-73H,3-4,6,8,11,14,17,20-34,36,38-42H2,1-2H3,(H,61,66)/b7-5-,10-9-,13-12-,16-15-,19-18-,37-35+. The molecule has 0 aromatic rings. The molecule has 1 amide bonds. The number of amides is 1. The van der Waals surface area contributed by atoms with Crippen molar-refractivity contribution in [2.24, 2.45) is 0 Å². The van der Waals surface area contributed by atoms with Gasteiger partial charge >= 0.3 is 0 Å². The molecule has 0 spiro atoms. The van der Waals surface area contributed by atoms with Gasteiger partial charge in [-0.2, -0.15) is 0 Å². The molecule has 0 aliphatic carbocycles. The summed E-state index contributed by atoms with van der Waals surface area (Å²) < 4.78 is 33.9. The topological polar surface area (TPSA) is 307 Å². The lowest BCUT2D eigenvalue weighted by atomic mass is 9.96. The highest BCUT2D eigenvalue weighted by molar-refractivity contribution is 5.76. The SMILES string of the molecule is CC/C=C\C/C=C\C/C=C\C/C=C\C/C=C\CCCCCCCCCCCCCCCCCC(=O)NC(COC1OC(CO)C(OC2OC(CO)C(OC3OC(CO)C(O)C(O)C3O)C(O)C2O)C(O)C1O)C(O)/C=C/CCC. The van der Waals surface area contributed by atoms with Gasteiger partial charge in [0.25, 0.3) is 0 Å². The first kappa shape index (κ1) is 70.5. The normalized spacial score (nSPS) is 30.8. The van der Waals surface area contributed by atoms with Crippen LogP contribution in [0, 0.1) is 0 Å². The van der Waals surface area contributed by atoms with Crippen LogP contribution in [0.5, 0.6) is 0 Å². The van der Waals surface area contributed by atoms with E-state index in [9.17, 15) is 61.0 Å². The Balaban J connectivity index is 1.29. The fourth-order valence-electron chi connectivity index (χ4n) is 9.63. The molecule has 3 rings (SSSR count). The van der Waals surface area contributed by atoms with Crippen LogP contribution in [0.1, 0.15) is 168 Å². The van der Waals surface area contributed by atoms with Crippen LogP contribution in [0.2, 0.25) is 0 Å². The first-order chi connectivity index (χ1) is 38.3. The van der Waals surface area contributed by atoms with Gasteiger partial charge in [-0.3, -0.25) is 4.79 Å². The lowest BCUT2D eigenvalue weighted by molar-refractivity contribution is -0.379. The van der Waals surface area contributed by atoms with Gasteiger partial charge in [0.2, 0.25) is 5.91 Å². The summed E-state index contributed by atoms with van der Waals surface area (Å²) in [4.78, 5) is 13.1. The van der Waals surface area contributed by atoms with Gasteiger partial charge in [0, 0.05) is 6.42 Å². The van der Waals surface area contributed by atoms with Gasteiger partial charge in [0.1, 0.15) is 73.2 Å². The van der Waals surface area contributed by atoms with Crippen LogP contribution in [-0.2, 0) is 33.2 Å². The minimum absolute atomic E-state index is 0.237. The summed E-state index contributed by atoms with van der Waals surface area (Å²) in [5.41, 5.74) is 0. The molecule has 3 heterocycles.